The van der Waals surface area contributed by atoms with Gasteiger partial charge < -0.3 is 10.6 Å². The van der Waals surface area contributed by atoms with Gasteiger partial charge in [0.15, 0.2) is 0 Å². The summed E-state index contributed by atoms with van der Waals surface area (Å²) in [6, 6.07) is 7.02. The molecule has 20 heavy (non-hydrogen) atoms. The number of hydrogen-bond acceptors (Lipinski definition) is 3. The SMILES string of the molecule is CCCC(N)C(=O)N(C)C(C)c1ccc(S(C)=O)cc1. The highest BCUT2D eigenvalue weighted by Gasteiger charge is 2.22. The number of benzene rings is 1. The molecule has 1 rings (SSSR count). The lowest BCUT2D eigenvalue weighted by Crippen LogP contribution is -2.42. The van der Waals surface area contributed by atoms with Crippen LogP contribution in [0.3, 0.4) is 0 Å². The van der Waals surface area contributed by atoms with Crippen LogP contribution in [0.15, 0.2) is 29.2 Å². The van der Waals surface area contributed by atoms with E-state index in [1.54, 1.807) is 18.2 Å². The Balaban J connectivity index is 2.80. The molecule has 1 aromatic carbocycles. The van der Waals surface area contributed by atoms with Gasteiger partial charge in [0.05, 0.1) is 12.1 Å². The number of carbonyl (C=O) groups excluding carboxylic acids is 1. The molecule has 0 heterocycles. The fourth-order valence-electron chi connectivity index (χ4n) is 2.05. The Morgan fingerprint density at radius 1 is 1.35 bits per heavy atom. The summed E-state index contributed by atoms with van der Waals surface area (Å²) in [6.45, 7) is 3.98. The molecular formula is C15H24N2O2S. The molecule has 5 heteroatoms. The lowest BCUT2D eigenvalue weighted by Gasteiger charge is -2.28. The second kappa shape index (κ2) is 7.55. The zero-order valence-corrected chi connectivity index (χ0v) is 13.4. The first-order chi connectivity index (χ1) is 9.38. The maximum atomic E-state index is 12.2. The van der Waals surface area contributed by atoms with Crippen molar-refractivity contribution in [3.8, 4) is 0 Å². The summed E-state index contributed by atoms with van der Waals surface area (Å²) in [5.74, 6) is -0.0394. The van der Waals surface area contributed by atoms with Crippen LogP contribution in [0.2, 0.25) is 0 Å². The number of amides is 1. The summed E-state index contributed by atoms with van der Waals surface area (Å²) < 4.78 is 11.4. The molecule has 0 bridgehead atoms. The Bertz CT molecular complexity index is 473. The highest BCUT2D eigenvalue weighted by Crippen LogP contribution is 2.21. The fourth-order valence-corrected chi connectivity index (χ4v) is 2.57. The molecule has 112 valence electrons. The van der Waals surface area contributed by atoms with Crippen LogP contribution in [0.25, 0.3) is 0 Å². The van der Waals surface area contributed by atoms with Gasteiger partial charge in [0.2, 0.25) is 5.91 Å². The first-order valence-electron chi connectivity index (χ1n) is 6.84. The first kappa shape index (κ1) is 16.9. The van der Waals surface area contributed by atoms with Gasteiger partial charge in [-0.25, -0.2) is 0 Å². The Morgan fingerprint density at radius 3 is 2.35 bits per heavy atom. The highest BCUT2D eigenvalue weighted by molar-refractivity contribution is 7.84. The minimum absolute atomic E-state index is 0.0394. The second-order valence-corrected chi connectivity index (χ2v) is 6.42. The van der Waals surface area contributed by atoms with E-state index in [0.29, 0.717) is 6.42 Å². The van der Waals surface area contributed by atoms with Gasteiger partial charge in [-0.1, -0.05) is 25.5 Å². The molecule has 2 N–H and O–H groups in total. The summed E-state index contributed by atoms with van der Waals surface area (Å²) in [6.07, 6.45) is 3.24. The Kier molecular flexibility index (Phi) is 6.36. The molecule has 3 unspecified atom stereocenters. The normalized spacial score (nSPS) is 15.4. The van der Waals surface area contributed by atoms with Gasteiger partial charge in [-0.2, -0.15) is 0 Å². The second-order valence-electron chi connectivity index (χ2n) is 5.04. The summed E-state index contributed by atoms with van der Waals surface area (Å²) in [5, 5.41) is 0. The molecule has 0 aliphatic rings. The number of nitrogens with zero attached hydrogens (tertiary/aromatic N) is 1. The van der Waals surface area contributed by atoms with Crippen LogP contribution in [-0.2, 0) is 15.6 Å². The van der Waals surface area contributed by atoms with Crippen molar-refractivity contribution in [2.24, 2.45) is 5.73 Å². The smallest absolute Gasteiger partial charge is 0.239 e. The zero-order valence-electron chi connectivity index (χ0n) is 12.6. The number of nitrogens with two attached hydrogens (primary N) is 1. The van der Waals surface area contributed by atoms with Crippen LogP contribution in [0, 0.1) is 0 Å². The van der Waals surface area contributed by atoms with Gasteiger partial charge in [-0.3, -0.25) is 9.00 Å². The van der Waals surface area contributed by atoms with Crippen molar-refractivity contribution in [3.63, 3.8) is 0 Å². The van der Waals surface area contributed by atoms with E-state index in [1.807, 2.05) is 38.1 Å². The predicted molar refractivity (Wildman–Crippen MR) is 82.8 cm³/mol. The van der Waals surface area contributed by atoms with E-state index in [9.17, 15) is 9.00 Å². The van der Waals surface area contributed by atoms with Crippen molar-refractivity contribution in [3.05, 3.63) is 29.8 Å². The van der Waals surface area contributed by atoms with Gasteiger partial charge in [-0.05, 0) is 31.0 Å². The molecule has 0 radical (unpaired) electrons. The van der Waals surface area contributed by atoms with E-state index < -0.39 is 16.8 Å². The third-order valence-corrected chi connectivity index (χ3v) is 4.48. The maximum Gasteiger partial charge on any atom is 0.239 e. The Hall–Kier alpha value is -1.20. The monoisotopic (exact) mass is 296 g/mol. The molecule has 1 aromatic rings. The van der Waals surface area contributed by atoms with Gasteiger partial charge >= 0.3 is 0 Å². The minimum Gasteiger partial charge on any atom is -0.338 e. The number of hydrogen-bond donors (Lipinski definition) is 1. The standard InChI is InChI=1S/C15H24N2O2S/c1-5-6-14(16)15(18)17(3)11(2)12-7-9-13(10-8-12)20(4)19/h7-11,14H,5-6,16H2,1-4H3. The first-order valence-corrected chi connectivity index (χ1v) is 8.40. The van der Waals surface area contributed by atoms with Crippen LogP contribution >= 0.6 is 0 Å². The Labute approximate surface area is 123 Å². The van der Waals surface area contributed by atoms with Gasteiger partial charge in [0.25, 0.3) is 0 Å². The average molecular weight is 296 g/mol. The lowest BCUT2D eigenvalue weighted by molar-refractivity contribution is -0.133. The molecule has 0 aromatic heterocycles. The molecule has 1 amide bonds. The summed E-state index contributed by atoms with van der Waals surface area (Å²) in [7, 11) is 0.792. The van der Waals surface area contributed by atoms with Gasteiger partial charge in [-0.15, -0.1) is 0 Å². The van der Waals surface area contributed by atoms with E-state index in [1.165, 1.54) is 0 Å². The van der Waals surface area contributed by atoms with Crippen molar-refractivity contribution in [1.82, 2.24) is 4.90 Å². The maximum absolute atomic E-state index is 12.2. The van der Waals surface area contributed by atoms with Crippen molar-refractivity contribution in [2.75, 3.05) is 13.3 Å². The topological polar surface area (TPSA) is 63.4 Å². The molecule has 0 fully saturated rings. The third kappa shape index (κ3) is 4.15. The Morgan fingerprint density at radius 2 is 1.90 bits per heavy atom. The zero-order chi connectivity index (χ0) is 15.3. The molecule has 0 aliphatic carbocycles. The molecular weight excluding hydrogens is 272 g/mol. The molecule has 0 aliphatic heterocycles. The van der Waals surface area contributed by atoms with E-state index in [2.05, 4.69) is 0 Å². The van der Waals surface area contributed by atoms with Gasteiger partial charge in [0, 0.05) is 29.0 Å². The van der Waals surface area contributed by atoms with E-state index in [-0.39, 0.29) is 11.9 Å². The van der Waals surface area contributed by atoms with Crippen molar-refractivity contribution >= 4 is 16.7 Å². The van der Waals surface area contributed by atoms with Crippen LogP contribution in [0.1, 0.15) is 38.3 Å². The molecule has 0 saturated carbocycles. The predicted octanol–water partition coefficient (Wildman–Crippen LogP) is 2.07. The number of likely N-dealkylation sites (N-methyl/N-ethyl adjacent to an activating group) is 1. The quantitative estimate of drug-likeness (QED) is 0.874. The van der Waals surface area contributed by atoms with Gasteiger partial charge in [0.1, 0.15) is 0 Å². The summed E-state index contributed by atoms with van der Waals surface area (Å²) in [4.78, 5) is 14.6. The minimum atomic E-state index is -0.981. The van der Waals surface area contributed by atoms with Crippen LogP contribution in [0.5, 0.6) is 0 Å². The van der Waals surface area contributed by atoms with Crippen molar-refractivity contribution < 1.29 is 9.00 Å². The van der Waals surface area contributed by atoms with E-state index in [0.717, 1.165) is 16.9 Å². The molecule has 4 nitrogen and oxygen atoms in total. The fraction of sp³-hybridized carbons (Fsp3) is 0.533. The van der Waals surface area contributed by atoms with E-state index >= 15 is 0 Å². The van der Waals surface area contributed by atoms with E-state index in [4.69, 9.17) is 5.73 Å². The summed E-state index contributed by atoms with van der Waals surface area (Å²) >= 11 is 0. The average Bonchev–Trinajstić information content (AvgIpc) is 2.45. The molecule has 0 spiro atoms. The van der Waals surface area contributed by atoms with Crippen LogP contribution in [0.4, 0.5) is 0 Å². The highest BCUT2D eigenvalue weighted by atomic mass is 32.2. The number of carbonyl (C=O) groups is 1. The lowest BCUT2D eigenvalue weighted by atomic mass is 10.1. The van der Waals surface area contributed by atoms with Crippen molar-refractivity contribution in [2.45, 2.75) is 43.7 Å². The molecule has 3 atom stereocenters. The number of rotatable bonds is 6. The largest absolute Gasteiger partial charge is 0.338 e. The summed E-state index contributed by atoms with van der Waals surface area (Å²) in [5.41, 5.74) is 6.89. The third-order valence-electron chi connectivity index (χ3n) is 3.54. The van der Waals surface area contributed by atoms with Crippen LogP contribution < -0.4 is 5.73 Å². The molecule has 0 saturated heterocycles. The van der Waals surface area contributed by atoms with Crippen LogP contribution in [-0.4, -0.2) is 34.4 Å². The van der Waals surface area contributed by atoms with Crippen molar-refractivity contribution in [1.29, 1.82) is 0 Å².